The minimum atomic E-state index is -0.583. The summed E-state index contributed by atoms with van der Waals surface area (Å²) >= 11 is 0. The second-order valence-corrected chi connectivity index (χ2v) is 10.00. The van der Waals surface area contributed by atoms with Gasteiger partial charge >= 0.3 is 0 Å². The van der Waals surface area contributed by atoms with E-state index in [1.165, 1.54) is 29.6 Å². The van der Waals surface area contributed by atoms with Gasteiger partial charge in [0.2, 0.25) is 5.91 Å². The molecule has 2 heterocycles. The van der Waals surface area contributed by atoms with Crippen LogP contribution in [0, 0.1) is 36.3 Å². The van der Waals surface area contributed by atoms with E-state index in [-0.39, 0.29) is 22.4 Å². The summed E-state index contributed by atoms with van der Waals surface area (Å²) in [6.45, 7) is 4.39. The Hall–Kier alpha value is -3.09. The Balaban J connectivity index is 1.19. The van der Waals surface area contributed by atoms with E-state index in [1.807, 2.05) is 10.9 Å². The lowest BCUT2D eigenvalue weighted by molar-refractivity contribution is -0.223. The molecule has 1 amide bonds. The number of aryl methyl sites for hydroxylation is 2. The van der Waals surface area contributed by atoms with E-state index in [4.69, 9.17) is 0 Å². The molecule has 3 aromatic rings. The summed E-state index contributed by atoms with van der Waals surface area (Å²) in [6.07, 6.45) is 6.28. The number of carbonyl (C=O) groups is 1. The summed E-state index contributed by atoms with van der Waals surface area (Å²) < 4.78 is 30.7. The molecule has 1 atom stereocenters. The minimum Gasteiger partial charge on any atom is -0.272 e. The first-order valence-electron chi connectivity index (χ1n) is 11.0. The van der Waals surface area contributed by atoms with Gasteiger partial charge in [-0.1, -0.05) is 11.6 Å². The summed E-state index contributed by atoms with van der Waals surface area (Å²) in [7, 11) is 0. The maximum absolute atomic E-state index is 14.6. The molecule has 5 nitrogen and oxygen atoms in total. The van der Waals surface area contributed by atoms with Crippen molar-refractivity contribution < 1.29 is 13.6 Å². The van der Waals surface area contributed by atoms with Gasteiger partial charge in [-0.05, 0) is 68.4 Å². The lowest BCUT2D eigenvalue weighted by Gasteiger charge is -2.69. The number of carbonyl (C=O) groups excluding carboxylic acids is 1. The highest BCUT2D eigenvalue weighted by Crippen LogP contribution is 2.74. The second kappa shape index (κ2) is 6.47. The van der Waals surface area contributed by atoms with Crippen LogP contribution in [-0.2, 0) is 11.3 Å². The largest absolute Gasteiger partial charge is 0.272 e. The third-order valence-corrected chi connectivity index (χ3v) is 7.55. The molecule has 3 saturated carbocycles. The number of nitrogens with zero attached hydrogens (tertiary/aromatic N) is 4. The van der Waals surface area contributed by atoms with E-state index in [0.29, 0.717) is 6.42 Å². The first-order chi connectivity index (χ1) is 15.3. The molecule has 7 rings (SSSR count). The van der Waals surface area contributed by atoms with Crippen molar-refractivity contribution in [2.75, 3.05) is 0 Å². The topological polar surface area (TPSA) is 50.5 Å². The van der Waals surface area contributed by atoms with Gasteiger partial charge < -0.3 is 0 Å². The van der Waals surface area contributed by atoms with Crippen LogP contribution in [0.4, 0.5) is 8.78 Å². The zero-order chi connectivity index (χ0) is 22.3. The fourth-order valence-electron chi connectivity index (χ4n) is 6.07. The quantitative estimate of drug-likeness (QED) is 0.576. The zero-order valence-electron chi connectivity index (χ0n) is 18.1. The molecule has 0 saturated heterocycles. The lowest BCUT2D eigenvalue weighted by atomic mass is 9.34. The van der Waals surface area contributed by atoms with Gasteiger partial charge in [0, 0.05) is 30.1 Å². The molecule has 164 valence electrons. The Morgan fingerprint density at radius 2 is 1.91 bits per heavy atom. The molecule has 32 heavy (non-hydrogen) atoms. The third-order valence-electron chi connectivity index (χ3n) is 7.55. The Labute approximate surface area is 184 Å². The van der Waals surface area contributed by atoms with Crippen LogP contribution in [0.15, 0.2) is 41.6 Å². The molecule has 3 aliphatic carbocycles. The van der Waals surface area contributed by atoms with Gasteiger partial charge in [-0.3, -0.25) is 9.48 Å². The van der Waals surface area contributed by atoms with Crippen LogP contribution in [0.5, 0.6) is 0 Å². The van der Waals surface area contributed by atoms with Crippen LogP contribution in [-0.4, -0.2) is 26.9 Å². The van der Waals surface area contributed by atoms with Crippen molar-refractivity contribution in [2.24, 2.45) is 15.9 Å². The highest BCUT2D eigenvalue weighted by molar-refractivity contribution is 5.88. The van der Waals surface area contributed by atoms with Crippen molar-refractivity contribution in [3.63, 3.8) is 0 Å². The van der Waals surface area contributed by atoms with Gasteiger partial charge in [-0.15, -0.1) is 0 Å². The van der Waals surface area contributed by atoms with Crippen molar-refractivity contribution in [3.05, 3.63) is 64.9 Å². The SMILES string of the molecule is Cc1ccc2c(cnn2CC23CC(C(=O)N4N=CCC4c4cc(F)c(C)cc4F)(C2)C3)c1. The van der Waals surface area contributed by atoms with Crippen LogP contribution >= 0.6 is 0 Å². The van der Waals surface area contributed by atoms with Gasteiger partial charge in [0.05, 0.1) is 23.2 Å². The summed E-state index contributed by atoms with van der Waals surface area (Å²) in [6, 6.07) is 8.13. The van der Waals surface area contributed by atoms with Crippen molar-refractivity contribution in [3.8, 4) is 0 Å². The predicted molar refractivity (Wildman–Crippen MR) is 117 cm³/mol. The summed E-state index contributed by atoms with van der Waals surface area (Å²) in [5.41, 5.74) is 2.42. The van der Waals surface area contributed by atoms with Crippen LogP contribution in [0.25, 0.3) is 10.9 Å². The lowest BCUT2D eigenvalue weighted by Crippen LogP contribution is -2.68. The number of hydrazone groups is 1. The molecule has 0 N–H and O–H groups in total. The number of aromatic nitrogens is 2. The monoisotopic (exact) mass is 434 g/mol. The average molecular weight is 434 g/mol. The van der Waals surface area contributed by atoms with Gasteiger partial charge in [0.1, 0.15) is 11.6 Å². The number of benzene rings is 2. The van der Waals surface area contributed by atoms with E-state index < -0.39 is 23.1 Å². The van der Waals surface area contributed by atoms with E-state index in [0.717, 1.165) is 36.7 Å². The first kappa shape index (κ1) is 19.6. The molecule has 1 unspecified atom stereocenters. The van der Waals surface area contributed by atoms with Gasteiger partial charge in [0.15, 0.2) is 0 Å². The van der Waals surface area contributed by atoms with Crippen LogP contribution in [0.3, 0.4) is 0 Å². The smallest absolute Gasteiger partial charge is 0.249 e. The number of fused-ring (bicyclic) bond motifs is 1. The normalized spacial score (nSPS) is 28.1. The Morgan fingerprint density at radius 1 is 1.12 bits per heavy atom. The Kier molecular flexibility index (Phi) is 3.96. The molecule has 1 aliphatic heterocycles. The van der Waals surface area contributed by atoms with Crippen molar-refractivity contribution in [1.29, 1.82) is 0 Å². The molecule has 1 aromatic heterocycles. The highest BCUT2D eigenvalue weighted by atomic mass is 19.1. The molecule has 0 radical (unpaired) electrons. The fourth-order valence-corrected chi connectivity index (χ4v) is 6.07. The third kappa shape index (κ3) is 2.69. The molecule has 4 aliphatic rings. The van der Waals surface area contributed by atoms with Crippen molar-refractivity contribution in [2.45, 2.75) is 52.1 Å². The Bertz CT molecular complexity index is 1290. The highest BCUT2D eigenvalue weighted by Gasteiger charge is 2.72. The molecular weight excluding hydrogens is 410 g/mol. The van der Waals surface area contributed by atoms with Crippen molar-refractivity contribution in [1.82, 2.24) is 14.8 Å². The molecule has 0 spiro atoms. The predicted octanol–water partition coefficient (Wildman–Crippen LogP) is 5.06. The molecule has 2 bridgehead atoms. The summed E-state index contributed by atoms with van der Waals surface area (Å²) in [5, 5.41) is 11.3. The van der Waals surface area contributed by atoms with E-state index in [1.54, 1.807) is 6.21 Å². The number of rotatable bonds is 4. The maximum Gasteiger partial charge on any atom is 0.249 e. The molecular formula is C25H24F2N4O. The standard InChI is InChI=1S/C25H24F2N4O/c1-15-3-4-21-17(7-15)10-29-30(21)14-24-11-25(12-24,13-24)23(32)31-22(5-6-28-31)18-9-19(26)16(2)8-20(18)27/h3-4,6-10,22H,5,11-14H2,1-2H3. The van der Waals surface area contributed by atoms with E-state index >= 15 is 0 Å². The van der Waals surface area contributed by atoms with Gasteiger partial charge in [-0.2, -0.15) is 10.2 Å². The van der Waals surface area contributed by atoms with Gasteiger partial charge in [-0.25, -0.2) is 13.8 Å². The summed E-state index contributed by atoms with van der Waals surface area (Å²) in [4.78, 5) is 13.4. The molecule has 2 aromatic carbocycles. The number of amides is 1. The second-order valence-electron chi connectivity index (χ2n) is 10.00. The molecule has 7 heteroatoms. The Morgan fingerprint density at radius 3 is 2.69 bits per heavy atom. The summed E-state index contributed by atoms with van der Waals surface area (Å²) in [5.74, 6) is -1.03. The van der Waals surface area contributed by atoms with Crippen molar-refractivity contribution >= 4 is 23.0 Å². The van der Waals surface area contributed by atoms with Gasteiger partial charge in [0.25, 0.3) is 0 Å². The first-order valence-corrected chi connectivity index (χ1v) is 11.0. The maximum atomic E-state index is 14.6. The van der Waals surface area contributed by atoms with E-state index in [9.17, 15) is 13.6 Å². The van der Waals surface area contributed by atoms with Crippen LogP contribution in [0.1, 0.15) is 48.4 Å². The fraction of sp³-hybridized carbons (Fsp3) is 0.400. The number of hydrogen-bond acceptors (Lipinski definition) is 3. The van der Waals surface area contributed by atoms with E-state index in [2.05, 4.69) is 35.3 Å². The van der Waals surface area contributed by atoms with Crippen LogP contribution in [0.2, 0.25) is 0 Å². The average Bonchev–Trinajstić information content (AvgIpc) is 3.32. The number of halogens is 2. The zero-order valence-corrected chi connectivity index (χ0v) is 18.1. The number of hydrogen-bond donors (Lipinski definition) is 0. The minimum absolute atomic E-state index is 0.0699. The van der Waals surface area contributed by atoms with Crippen LogP contribution < -0.4 is 0 Å². The molecule has 3 fully saturated rings.